The van der Waals surface area contributed by atoms with E-state index < -0.39 is 0 Å². The first-order chi connectivity index (χ1) is 9.20. The summed E-state index contributed by atoms with van der Waals surface area (Å²) in [7, 11) is 0. The van der Waals surface area contributed by atoms with Gasteiger partial charge in [0.25, 0.3) is 0 Å². The van der Waals surface area contributed by atoms with Crippen molar-refractivity contribution < 1.29 is 9.47 Å². The van der Waals surface area contributed by atoms with Gasteiger partial charge in [0.1, 0.15) is 17.1 Å². The maximum absolute atomic E-state index is 6.01. The van der Waals surface area contributed by atoms with Crippen LogP contribution in [0.2, 0.25) is 10.0 Å². The molecule has 0 radical (unpaired) electrons. The standard InChI is InChI=1S/C13H8Cl2N2O2/c1-2-6-18-11-7-12(17-8-16-11)19-10-5-3-4-9(14)13(10)15/h1,3-5,7-8H,6H2. The molecule has 1 aromatic carbocycles. The Balaban J connectivity index is 2.19. The van der Waals surface area contributed by atoms with E-state index in [1.807, 2.05) is 0 Å². The predicted octanol–water partition coefficient (Wildman–Crippen LogP) is 3.59. The highest BCUT2D eigenvalue weighted by Gasteiger charge is 2.08. The Kier molecular flexibility index (Phi) is 4.45. The average Bonchev–Trinajstić information content (AvgIpc) is 2.42. The topological polar surface area (TPSA) is 44.2 Å². The number of benzene rings is 1. The fourth-order valence-electron chi connectivity index (χ4n) is 1.25. The van der Waals surface area contributed by atoms with Gasteiger partial charge in [-0.2, -0.15) is 0 Å². The molecule has 0 atom stereocenters. The Morgan fingerprint density at radius 1 is 1.21 bits per heavy atom. The maximum atomic E-state index is 6.01. The van der Waals surface area contributed by atoms with Crippen LogP contribution < -0.4 is 9.47 Å². The van der Waals surface area contributed by atoms with E-state index in [2.05, 4.69) is 15.9 Å². The second-order valence-corrected chi connectivity index (χ2v) is 4.13. The van der Waals surface area contributed by atoms with E-state index in [1.165, 1.54) is 12.4 Å². The van der Waals surface area contributed by atoms with Crippen LogP contribution in [0.15, 0.2) is 30.6 Å². The third kappa shape index (κ3) is 3.50. The van der Waals surface area contributed by atoms with Gasteiger partial charge in [0.05, 0.1) is 11.1 Å². The molecule has 4 nitrogen and oxygen atoms in total. The molecule has 0 N–H and O–H groups in total. The molecule has 0 unspecified atom stereocenters. The molecule has 2 rings (SSSR count). The Morgan fingerprint density at radius 3 is 2.79 bits per heavy atom. The molecule has 0 spiro atoms. The summed E-state index contributed by atoms with van der Waals surface area (Å²) in [5.74, 6) is 3.34. The molecular weight excluding hydrogens is 287 g/mol. The first-order valence-corrected chi connectivity index (χ1v) is 5.96. The highest BCUT2D eigenvalue weighted by Crippen LogP contribution is 2.34. The van der Waals surface area contributed by atoms with E-state index in [1.54, 1.807) is 18.2 Å². The number of ether oxygens (including phenoxy) is 2. The Labute approximate surface area is 120 Å². The van der Waals surface area contributed by atoms with Crippen LogP contribution >= 0.6 is 23.2 Å². The van der Waals surface area contributed by atoms with Gasteiger partial charge >= 0.3 is 0 Å². The molecular formula is C13H8Cl2N2O2. The van der Waals surface area contributed by atoms with Gasteiger partial charge in [-0.15, -0.1) is 6.42 Å². The first-order valence-electron chi connectivity index (χ1n) is 5.21. The smallest absolute Gasteiger partial charge is 0.226 e. The number of hydrogen-bond donors (Lipinski definition) is 0. The molecule has 1 heterocycles. The minimum atomic E-state index is 0.119. The monoisotopic (exact) mass is 294 g/mol. The summed E-state index contributed by atoms with van der Waals surface area (Å²) in [5.41, 5.74) is 0. The zero-order chi connectivity index (χ0) is 13.7. The number of hydrogen-bond acceptors (Lipinski definition) is 4. The normalized spacial score (nSPS) is 9.74. The van der Waals surface area contributed by atoms with Crippen LogP contribution in [-0.2, 0) is 0 Å². The van der Waals surface area contributed by atoms with Crippen molar-refractivity contribution in [3.63, 3.8) is 0 Å². The fourth-order valence-corrected chi connectivity index (χ4v) is 1.58. The van der Waals surface area contributed by atoms with E-state index in [0.717, 1.165) is 0 Å². The van der Waals surface area contributed by atoms with E-state index in [-0.39, 0.29) is 12.5 Å². The van der Waals surface area contributed by atoms with Gasteiger partial charge in [0.15, 0.2) is 6.61 Å². The zero-order valence-electron chi connectivity index (χ0n) is 9.64. The molecule has 0 aliphatic carbocycles. The van der Waals surface area contributed by atoms with Crippen molar-refractivity contribution in [1.29, 1.82) is 0 Å². The number of halogens is 2. The summed E-state index contributed by atoms with van der Waals surface area (Å²) < 4.78 is 10.7. The second-order valence-electron chi connectivity index (χ2n) is 3.34. The van der Waals surface area contributed by atoms with Crippen LogP contribution in [0.3, 0.4) is 0 Å². The zero-order valence-corrected chi connectivity index (χ0v) is 11.1. The lowest BCUT2D eigenvalue weighted by Crippen LogP contribution is -1.97. The Bertz CT molecular complexity index is 626. The van der Waals surface area contributed by atoms with Gasteiger partial charge in [-0.25, -0.2) is 9.97 Å². The van der Waals surface area contributed by atoms with E-state index in [0.29, 0.717) is 21.7 Å². The van der Waals surface area contributed by atoms with Gasteiger partial charge in [0.2, 0.25) is 11.8 Å². The number of rotatable bonds is 4. The van der Waals surface area contributed by atoms with Crippen LogP contribution in [0.4, 0.5) is 0 Å². The average molecular weight is 295 g/mol. The summed E-state index contributed by atoms with van der Waals surface area (Å²) >= 11 is 11.9. The molecule has 0 bridgehead atoms. The Hall–Kier alpha value is -1.96. The third-order valence-corrected chi connectivity index (χ3v) is 2.85. The highest BCUT2D eigenvalue weighted by molar-refractivity contribution is 6.42. The SMILES string of the molecule is C#CCOc1cc(Oc2cccc(Cl)c2Cl)ncn1. The van der Waals surface area contributed by atoms with E-state index >= 15 is 0 Å². The van der Waals surface area contributed by atoms with Crippen molar-refractivity contribution in [1.82, 2.24) is 9.97 Å². The molecule has 0 amide bonds. The molecule has 1 aromatic heterocycles. The molecule has 19 heavy (non-hydrogen) atoms. The van der Waals surface area contributed by atoms with Crippen LogP contribution in [0.1, 0.15) is 0 Å². The van der Waals surface area contributed by atoms with Crippen LogP contribution in [0.25, 0.3) is 0 Å². The summed E-state index contributed by atoms with van der Waals surface area (Å²) in [5, 5.41) is 0.714. The van der Waals surface area contributed by atoms with Crippen LogP contribution in [0, 0.1) is 12.3 Å². The largest absolute Gasteiger partial charge is 0.464 e. The van der Waals surface area contributed by atoms with Crippen LogP contribution in [-0.4, -0.2) is 16.6 Å². The van der Waals surface area contributed by atoms with Crippen molar-refractivity contribution in [3.05, 3.63) is 40.6 Å². The quantitative estimate of drug-likeness (QED) is 0.809. The minimum absolute atomic E-state index is 0.119. The number of nitrogens with zero attached hydrogens (tertiary/aromatic N) is 2. The van der Waals surface area contributed by atoms with Gasteiger partial charge < -0.3 is 9.47 Å². The maximum Gasteiger partial charge on any atom is 0.226 e. The molecule has 0 saturated heterocycles. The lowest BCUT2D eigenvalue weighted by atomic mass is 10.3. The molecule has 2 aromatic rings. The van der Waals surface area contributed by atoms with Crippen molar-refractivity contribution in [2.24, 2.45) is 0 Å². The van der Waals surface area contributed by atoms with Crippen molar-refractivity contribution in [2.75, 3.05) is 6.61 Å². The number of aromatic nitrogens is 2. The van der Waals surface area contributed by atoms with Crippen LogP contribution in [0.5, 0.6) is 17.5 Å². The minimum Gasteiger partial charge on any atom is -0.464 e. The lowest BCUT2D eigenvalue weighted by Gasteiger charge is -2.08. The highest BCUT2D eigenvalue weighted by atomic mass is 35.5. The summed E-state index contributed by atoms with van der Waals surface area (Å²) in [6.45, 7) is 0.119. The lowest BCUT2D eigenvalue weighted by molar-refractivity contribution is 0.350. The van der Waals surface area contributed by atoms with Crippen molar-refractivity contribution in [3.8, 4) is 29.9 Å². The third-order valence-electron chi connectivity index (χ3n) is 2.05. The predicted molar refractivity (Wildman–Crippen MR) is 72.9 cm³/mol. The second kappa shape index (κ2) is 6.28. The molecule has 0 fully saturated rings. The first kappa shape index (κ1) is 13.5. The number of terminal acetylenes is 1. The van der Waals surface area contributed by atoms with Gasteiger partial charge in [-0.05, 0) is 12.1 Å². The van der Waals surface area contributed by atoms with E-state index in [4.69, 9.17) is 39.1 Å². The molecule has 96 valence electrons. The van der Waals surface area contributed by atoms with Gasteiger partial charge in [0, 0.05) is 0 Å². The fraction of sp³-hybridized carbons (Fsp3) is 0.0769. The molecule has 0 aliphatic rings. The van der Waals surface area contributed by atoms with Gasteiger partial charge in [-0.1, -0.05) is 35.2 Å². The summed E-state index contributed by atoms with van der Waals surface area (Å²) in [4.78, 5) is 7.84. The molecule has 0 aliphatic heterocycles. The molecule has 6 heteroatoms. The van der Waals surface area contributed by atoms with Gasteiger partial charge in [-0.3, -0.25) is 0 Å². The van der Waals surface area contributed by atoms with Crippen molar-refractivity contribution in [2.45, 2.75) is 0 Å². The summed E-state index contributed by atoms with van der Waals surface area (Å²) in [6, 6.07) is 6.57. The summed E-state index contributed by atoms with van der Waals surface area (Å²) in [6.07, 6.45) is 6.40. The van der Waals surface area contributed by atoms with Crippen molar-refractivity contribution >= 4 is 23.2 Å². The van der Waals surface area contributed by atoms with E-state index in [9.17, 15) is 0 Å². The Morgan fingerprint density at radius 2 is 2.00 bits per heavy atom. The molecule has 0 saturated carbocycles.